The van der Waals surface area contributed by atoms with Gasteiger partial charge in [0, 0.05) is 6.54 Å². The summed E-state index contributed by atoms with van der Waals surface area (Å²) < 4.78 is 7.10. The number of rotatable bonds is 5. The van der Waals surface area contributed by atoms with Gasteiger partial charge in [-0.2, -0.15) is 0 Å². The van der Waals surface area contributed by atoms with Crippen LogP contribution in [0.5, 0.6) is 0 Å². The van der Waals surface area contributed by atoms with Crippen LogP contribution in [0.4, 0.5) is 5.82 Å². The number of nitrogen functional groups attached to an aromatic ring is 1. The molecule has 31 heavy (non-hydrogen) atoms. The molecule has 0 radical (unpaired) electrons. The summed E-state index contributed by atoms with van der Waals surface area (Å²) in [6, 6.07) is 0. The second-order valence-corrected chi connectivity index (χ2v) is 8.46. The Kier molecular flexibility index (Phi) is 5.86. The van der Waals surface area contributed by atoms with Crippen molar-refractivity contribution in [3.8, 4) is 0 Å². The number of carbonyl (C=O) groups is 1. The molecule has 0 bridgehead atoms. The van der Waals surface area contributed by atoms with E-state index in [9.17, 15) is 20.1 Å². The quantitative estimate of drug-likeness (QED) is 0.433. The van der Waals surface area contributed by atoms with Crippen LogP contribution in [0.25, 0.3) is 11.2 Å². The van der Waals surface area contributed by atoms with E-state index in [2.05, 4.69) is 27.2 Å². The Hall–Kier alpha value is -2.34. The first-order valence-corrected chi connectivity index (χ1v) is 10.8. The van der Waals surface area contributed by atoms with E-state index in [-0.39, 0.29) is 17.3 Å². The molecule has 4 rings (SSSR count). The van der Waals surface area contributed by atoms with E-state index in [1.807, 2.05) is 0 Å². The molecule has 1 aliphatic carbocycles. The Labute approximate surface area is 179 Å². The Bertz CT molecular complexity index is 957. The highest BCUT2D eigenvalue weighted by Crippen LogP contribution is 2.40. The number of nitrogens with two attached hydrogens (primary N) is 1. The molecule has 1 amide bonds. The number of hydrogen-bond donors (Lipinski definition) is 5. The van der Waals surface area contributed by atoms with E-state index < -0.39 is 36.0 Å². The summed E-state index contributed by atoms with van der Waals surface area (Å²) in [5.74, 6) is 0.375. The fourth-order valence-corrected chi connectivity index (χ4v) is 4.50. The molecule has 4 atom stereocenters. The van der Waals surface area contributed by atoms with E-state index >= 15 is 0 Å². The molecule has 1 saturated carbocycles. The summed E-state index contributed by atoms with van der Waals surface area (Å²) in [6.45, 7) is 4.25. The molecule has 6 N–H and O–H groups in total. The van der Waals surface area contributed by atoms with Gasteiger partial charge >= 0.3 is 0 Å². The minimum atomic E-state index is -1.42. The maximum Gasteiger partial charge on any atom is 0.252 e. The van der Waals surface area contributed by atoms with Gasteiger partial charge in [-0.25, -0.2) is 15.0 Å². The van der Waals surface area contributed by atoms with E-state index in [1.165, 1.54) is 10.9 Å². The lowest BCUT2D eigenvalue weighted by molar-refractivity contribution is -0.137. The fraction of sp³-hybridized carbons (Fsp3) is 0.700. The summed E-state index contributed by atoms with van der Waals surface area (Å²) in [6.07, 6.45) is 0.126. The van der Waals surface area contributed by atoms with Crippen molar-refractivity contribution in [1.29, 1.82) is 0 Å². The van der Waals surface area contributed by atoms with E-state index in [0.717, 1.165) is 19.3 Å². The zero-order valence-corrected chi connectivity index (χ0v) is 17.7. The first-order chi connectivity index (χ1) is 14.8. The minimum Gasteiger partial charge on any atom is -0.387 e. The number of fused-ring (bicyclic) bond motifs is 1. The Morgan fingerprint density at radius 3 is 2.65 bits per heavy atom. The first-order valence-electron chi connectivity index (χ1n) is 10.8. The summed E-state index contributed by atoms with van der Waals surface area (Å²) in [4.78, 5) is 25.2. The number of nitrogens with zero attached hydrogens (tertiary/aromatic N) is 4. The van der Waals surface area contributed by atoms with Gasteiger partial charge in [-0.15, -0.1) is 0 Å². The number of hydrogen-bond acceptors (Lipinski definition) is 9. The van der Waals surface area contributed by atoms with Crippen LogP contribution in [0.1, 0.15) is 58.0 Å². The molecule has 1 aliphatic heterocycles. The van der Waals surface area contributed by atoms with Crippen LogP contribution in [0.15, 0.2) is 6.33 Å². The first kappa shape index (κ1) is 21.9. The number of aliphatic hydroxyl groups is 3. The third-order valence-electron chi connectivity index (χ3n) is 6.50. The zero-order chi connectivity index (χ0) is 22.3. The highest BCUT2D eigenvalue weighted by atomic mass is 16.6. The SMILES string of the molecule is CCNC(=O)[C@H]1O[C@@H](n2cnc3c(N)nc(C4(O)CCC(CC)CC4)nc32)C(O)[C@H]1O. The zero-order valence-electron chi connectivity index (χ0n) is 17.7. The largest absolute Gasteiger partial charge is 0.387 e. The molecule has 2 aromatic rings. The maximum atomic E-state index is 12.2. The molecule has 2 aromatic heterocycles. The van der Waals surface area contributed by atoms with Crippen molar-refractivity contribution in [2.45, 2.75) is 76.1 Å². The van der Waals surface area contributed by atoms with Crippen molar-refractivity contribution in [2.75, 3.05) is 12.3 Å². The second kappa shape index (κ2) is 8.30. The number of likely N-dealkylation sites (N-methyl/N-ethyl adjacent to an activating group) is 1. The predicted molar refractivity (Wildman–Crippen MR) is 110 cm³/mol. The molecule has 170 valence electrons. The van der Waals surface area contributed by atoms with Crippen molar-refractivity contribution in [3.63, 3.8) is 0 Å². The van der Waals surface area contributed by atoms with Crippen molar-refractivity contribution in [2.24, 2.45) is 5.92 Å². The summed E-state index contributed by atoms with van der Waals surface area (Å²) in [7, 11) is 0. The van der Waals surface area contributed by atoms with Gasteiger partial charge in [0.05, 0.1) is 6.33 Å². The molecular weight excluding hydrogens is 404 g/mol. The summed E-state index contributed by atoms with van der Waals surface area (Å²) >= 11 is 0. The lowest BCUT2D eigenvalue weighted by Gasteiger charge is -2.34. The Morgan fingerprint density at radius 2 is 2.00 bits per heavy atom. The lowest BCUT2D eigenvalue weighted by Crippen LogP contribution is -2.42. The average molecular weight is 434 g/mol. The topological polar surface area (TPSA) is 169 Å². The van der Waals surface area contributed by atoms with Crippen LogP contribution in [-0.4, -0.2) is 65.6 Å². The van der Waals surface area contributed by atoms with Crippen LogP contribution in [0.3, 0.4) is 0 Å². The molecule has 11 heteroatoms. The van der Waals surface area contributed by atoms with Gasteiger partial charge < -0.3 is 31.1 Å². The van der Waals surface area contributed by atoms with E-state index in [0.29, 0.717) is 30.8 Å². The molecule has 3 heterocycles. The molecule has 1 saturated heterocycles. The third kappa shape index (κ3) is 3.75. The summed E-state index contributed by atoms with van der Waals surface area (Å²) in [5.41, 5.74) is 5.48. The van der Waals surface area contributed by atoms with Crippen molar-refractivity contribution >= 4 is 22.9 Å². The van der Waals surface area contributed by atoms with Crippen molar-refractivity contribution in [1.82, 2.24) is 24.8 Å². The van der Waals surface area contributed by atoms with Gasteiger partial charge in [0.25, 0.3) is 5.91 Å². The number of anilines is 1. The predicted octanol–water partition coefficient (Wildman–Crippen LogP) is -0.0484. The third-order valence-corrected chi connectivity index (χ3v) is 6.50. The van der Waals surface area contributed by atoms with Crippen LogP contribution in [0.2, 0.25) is 0 Å². The van der Waals surface area contributed by atoms with Gasteiger partial charge in [0.15, 0.2) is 29.6 Å². The number of amides is 1. The fourth-order valence-electron chi connectivity index (χ4n) is 4.50. The molecular formula is C20H30N6O5. The maximum absolute atomic E-state index is 12.2. The minimum absolute atomic E-state index is 0.109. The highest BCUT2D eigenvalue weighted by molar-refractivity contribution is 5.83. The monoisotopic (exact) mass is 434 g/mol. The Morgan fingerprint density at radius 1 is 1.29 bits per heavy atom. The Balaban J connectivity index is 1.68. The lowest BCUT2D eigenvalue weighted by atomic mass is 9.77. The van der Waals surface area contributed by atoms with Gasteiger partial charge in [0.2, 0.25) is 0 Å². The van der Waals surface area contributed by atoms with Crippen molar-refractivity contribution in [3.05, 3.63) is 12.2 Å². The average Bonchev–Trinajstić information content (AvgIpc) is 3.30. The molecule has 2 aliphatic rings. The highest BCUT2D eigenvalue weighted by Gasteiger charge is 2.48. The van der Waals surface area contributed by atoms with Crippen LogP contribution >= 0.6 is 0 Å². The number of aromatic nitrogens is 4. The van der Waals surface area contributed by atoms with E-state index in [4.69, 9.17) is 10.5 Å². The second-order valence-electron chi connectivity index (χ2n) is 8.46. The van der Waals surface area contributed by atoms with Gasteiger partial charge in [-0.3, -0.25) is 9.36 Å². The van der Waals surface area contributed by atoms with Crippen molar-refractivity contribution < 1.29 is 24.9 Å². The van der Waals surface area contributed by atoms with Crippen LogP contribution < -0.4 is 11.1 Å². The van der Waals surface area contributed by atoms with Gasteiger partial charge in [0.1, 0.15) is 23.3 Å². The van der Waals surface area contributed by atoms with E-state index in [1.54, 1.807) is 6.92 Å². The van der Waals surface area contributed by atoms with Gasteiger partial charge in [-0.05, 0) is 38.5 Å². The summed E-state index contributed by atoms with van der Waals surface area (Å²) in [5, 5.41) is 34.7. The van der Waals surface area contributed by atoms with Gasteiger partial charge in [-0.1, -0.05) is 13.3 Å². The molecule has 11 nitrogen and oxygen atoms in total. The number of imidazole rings is 1. The number of nitrogens with one attached hydrogen (secondary N) is 1. The van der Waals surface area contributed by atoms with Crippen LogP contribution in [0, 0.1) is 5.92 Å². The number of carbonyl (C=O) groups excluding carboxylic acids is 1. The standard InChI is InChI=1S/C20H30N6O5/c1-3-10-5-7-20(30,8-6-10)19-24-15(21)11-16(25-19)26(9-23-11)18-13(28)12(27)14(31-18)17(29)22-4-2/h9-10,12-14,18,27-28,30H,3-8H2,1-2H3,(H,22,29)(H2,21,24,25)/t10?,12-,13?,14+,18-,20?/m1/s1. The molecule has 0 aromatic carbocycles. The number of ether oxygens (including phenoxy) is 1. The smallest absolute Gasteiger partial charge is 0.252 e. The molecule has 0 spiro atoms. The normalized spacial score (nSPS) is 33.6. The number of aliphatic hydroxyl groups excluding tert-OH is 2. The molecule has 1 unspecified atom stereocenters. The molecule has 2 fully saturated rings. The van der Waals surface area contributed by atoms with Crippen LogP contribution in [-0.2, 0) is 15.1 Å².